The molecule has 2 aliphatic rings. The molecule has 190 valence electrons. The van der Waals surface area contributed by atoms with E-state index in [1.54, 1.807) is 0 Å². The van der Waals surface area contributed by atoms with Crippen LogP contribution in [0.1, 0.15) is 5.56 Å². The smallest absolute Gasteiger partial charge is 0.252 e. The van der Waals surface area contributed by atoms with Crippen LogP contribution in [0.3, 0.4) is 0 Å². The highest BCUT2D eigenvalue weighted by molar-refractivity contribution is 7.00. The van der Waals surface area contributed by atoms with Crippen LogP contribution in [0.5, 0.6) is 0 Å². The zero-order valence-corrected chi connectivity index (χ0v) is 22.3. The van der Waals surface area contributed by atoms with Crippen LogP contribution in [-0.4, -0.2) is 6.71 Å². The van der Waals surface area contributed by atoms with Gasteiger partial charge in [0.15, 0.2) is 0 Å². The Morgan fingerprint density at radius 2 is 0.976 bits per heavy atom. The number of fused-ring (bicyclic) bond motifs is 4. The molecule has 0 spiro atoms. The molecule has 3 nitrogen and oxygen atoms in total. The third-order valence-corrected chi connectivity index (χ3v) is 8.30. The Morgan fingerprint density at radius 3 is 1.66 bits per heavy atom. The Kier molecular flexibility index (Phi) is 5.30. The van der Waals surface area contributed by atoms with Crippen molar-refractivity contribution in [2.45, 2.75) is 0 Å². The molecule has 0 aromatic heterocycles. The summed E-state index contributed by atoms with van der Waals surface area (Å²) in [5.74, 6) is 0. The highest BCUT2D eigenvalue weighted by Gasteiger charge is 2.43. The number of nitrogens with zero attached hydrogens (tertiary/aromatic N) is 3. The van der Waals surface area contributed by atoms with Gasteiger partial charge in [-0.3, -0.25) is 0 Å². The summed E-state index contributed by atoms with van der Waals surface area (Å²) in [4.78, 5) is 4.68. The molecule has 2 aliphatic heterocycles. The summed E-state index contributed by atoms with van der Waals surface area (Å²) in [5, 5.41) is 10.6. The number of hydrogen-bond acceptors (Lipinski definition) is 3. The van der Waals surface area contributed by atoms with Crippen molar-refractivity contribution >= 4 is 57.2 Å². The highest BCUT2D eigenvalue weighted by Crippen LogP contribution is 2.45. The molecule has 8 rings (SSSR count). The summed E-state index contributed by atoms with van der Waals surface area (Å²) < 4.78 is 0. The first kappa shape index (κ1) is 23.4. The maximum Gasteiger partial charge on any atom is 0.252 e. The molecule has 0 radical (unpaired) electrons. The average molecular weight is 521 g/mol. The minimum atomic E-state index is 0.0765. The first-order valence-electron chi connectivity index (χ1n) is 13.9. The molecular formula is C37H24BN3. The van der Waals surface area contributed by atoms with Gasteiger partial charge in [-0.15, -0.1) is 0 Å². The van der Waals surface area contributed by atoms with Crippen LogP contribution < -0.4 is 26.2 Å². The lowest BCUT2D eigenvalue weighted by molar-refractivity contribution is 1.25. The van der Waals surface area contributed by atoms with Gasteiger partial charge in [0.25, 0.3) is 6.71 Å². The molecule has 0 atom stereocenters. The van der Waals surface area contributed by atoms with Gasteiger partial charge >= 0.3 is 0 Å². The Labute approximate surface area is 240 Å². The fourth-order valence-corrected chi connectivity index (χ4v) is 6.65. The summed E-state index contributed by atoms with van der Waals surface area (Å²) in [6.07, 6.45) is 0. The van der Waals surface area contributed by atoms with Crippen LogP contribution in [0.25, 0.3) is 11.1 Å². The molecule has 6 aromatic rings. The molecule has 0 fully saturated rings. The summed E-state index contributed by atoms with van der Waals surface area (Å²) in [7, 11) is 0. The number of nitriles is 1. The van der Waals surface area contributed by atoms with Crippen molar-refractivity contribution in [3.63, 3.8) is 0 Å². The molecule has 0 saturated carbocycles. The van der Waals surface area contributed by atoms with Crippen molar-refractivity contribution in [2.24, 2.45) is 0 Å². The Morgan fingerprint density at radius 1 is 0.463 bits per heavy atom. The lowest BCUT2D eigenvalue weighted by Gasteiger charge is -2.44. The van der Waals surface area contributed by atoms with E-state index in [0.717, 1.165) is 39.6 Å². The first-order chi connectivity index (χ1) is 20.3. The molecule has 0 unspecified atom stereocenters. The second kappa shape index (κ2) is 9.29. The Hall–Kier alpha value is -5.53. The molecule has 6 aromatic carbocycles. The van der Waals surface area contributed by atoms with Crippen LogP contribution in [-0.2, 0) is 0 Å². The molecular weight excluding hydrogens is 497 g/mol. The fourth-order valence-electron chi connectivity index (χ4n) is 6.65. The first-order valence-corrected chi connectivity index (χ1v) is 13.9. The predicted octanol–water partition coefficient (Wildman–Crippen LogP) is 7.31. The molecule has 0 aliphatic carbocycles. The predicted molar refractivity (Wildman–Crippen MR) is 171 cm³/mol. The number of hydrogen-bond donors (Lipinski definition) is 0. The molecule has 0 N–H and O–H groups in total. The van der Waals surface area contributed by atoms with Crippen molar-refractivity contribution in [1.29, 1.82) is 5.26 Å². The quantitative estimate of drug-likeness (QED) is 0.229. The number of rotatable bonds is 3. The van der Waals surface area contributed by atoms with Gasteiger partial charge in [-0.05, 0) is 64.4 Å². The van der Waals surface area contributed by atoms with E-state index >= 15 is 0 Å². The van der Waals surface area contributed by atoms with Crippen LogP contribution in [0.4, 0.5) is 34.1 Å². The van der Waals surface area contributed by atoms with Gasteiger partial charge in [0.1, 0.15) is 6.07 Å². The van der Waals surface area contributed by atoms with E-state index in [9.17, 15) is 5.26 Å². The largest absolute Gasteiger partial charge is 0.311 e. The summed E-state index contributed by atoms with van der Waals surface area (Å²) >= 11 is 0. The van der Waals surface area contributed by atoms with Crippen LogP contribution in [0.15, 0.2) is 146 Å². The van der Waals surface area contributed by atoms with Gasteiger partial charge < -0.3 is 9.80 Å². The molecule has 0 saturated heterocycles. The lowest BCUT2D eigenvalue weighted by Crippen LogP contribution is -2.61. The van der Waals surface area contributed by atoms with Gasteiger partial charge in [0.05, 0.1) is 11.3 Å². The zero-order chi connectivity index (χ0) is 27.3. The summed E-state index contributed by atoms with van der Waals surface area (Å²) in [5.41, 5.74) is 13.0. The third kappa shape index (κ3) is 3.46. The summed E-state index contributed by atoms with van der Waals surface area (Å²) in [6.45, 7) is 0.0765. The normalized spacial score (nSPS) is 12.7. The number of para-hydroxylation sites is 3. The average Bonchev–Trinajstić information content (AvgIpc) is 3.05. The molecule has 2 heterocycles. The van der Waals surface area contributed by atoms with Crippen molar-refractivity contribution in [3.8, 4) is 17.2 Å². The van der Waals surface area contributed by atoms with Crippen LogP contribution >= 0.6 is 0 Å². The second-order valence-electron chi connectivity index (χ2n) is 10.4. The van der Waals surface area contributed by atoms with Crippen molar-refractivity contribution < 1.29 is 0 Å². The maximum absolute atomic E-state index is 10.6. The van der Waals surface area contributed by atoms with Crippen molar-refractivity contribution in [3.05, 3.63) is 151 Å². The third-order valence-electron chi connectivity index (χ3n) is 8.30. The van der Waals surface area contributed by atoms with Crippen molar-refractivity contribution in [2.75, 3.05) is 9.80 Å². The van der Waals surface area contributed by atoms with Gasteiger partial charge in [0, 0.05) is 34.0 Å². The molecule has 0 bridgehead atoms. The minimum absolute atomic E-state index is 0.0765. The zero-order valence-electron chi connectivity index (χ0n) is 22.3. The van der Waals surface area contributed by atoms with Gasteiger partial charge in [-0.2, -0.15) is 5.26 Å². The van der Waals surface area contributed by atoms with Gasteiger partial charge in [-0.1, -0.05) is 103 Å². The van der Waals surface area contributed by atoms with Crippen LogP contribution in [0, 0.1) is 11.3 Å². The fraction of sp³-hybridized carbons (Fsp3) is 0. The monoisotopic (exact) mass is 521 g/mol. The molecule has 0 amide bonds. The Bertz CT molecular complexity index is 1980. The van der Waals surface area contributed by atoms with Crippen LogP contribution in [0.2, 0.25) is 0 Å². The second-order valence-corrected chi connectivity index (χ2v) is 10.4. The van der Waals surface area contributed by atoms with E-state index in [1.807, 2.05) is 24.3 Å². The number of benzene rings is 6. The lowest BCUT2D eigenvalue weighted by atomic mass is 9.33. The minimum Gasteiger partial charge on any atom is -0.311 e. The van der Waals surface area contributed by atoms with Crippen molar-refractivity contribution in [1.82, 2.24) is 0 Å². The van der Waals surface area contributed by atoms with E-state index in [1.165, 1.54) is 22.1 Å². The number of anilines is 6. The standard InChI is InChI=1S/C37H24BN3/c39-25-29-28(26-13-3-1-4-14-26)17-11-22-32(29)41-34-21-10-8-19-31(34)38-30-18-7-9-20-33(30)40(27-15-5-2-6-16-27)35-23-12-24-36(41)37(35)38/h1-24H. The summed E-state index contributed by atoms with van der Waals surface area (Å²) in [6, 6.07) is 53.5. The van der Waals surface area contributed by atoms with E-state index in [2.05, 4.69) is 137 Å². The molecule has 4 heteroatoms. The van der Waals surface area contributed by atoms with E-state index < -0.39 is 0 Å². The maximum atomic E-state index is 10.6. The SMILES string of the molecule is N#Cc1c(-c2ccccc2)cccc1N1c2ccccc2B2c3ccccc3N(c3ccccc3)c3cccc1c32. The highest BCUT2D eigenvalue weighted by atomic mass is 15.2. The van der Waals surface area contributed by atoms with Gasteiger partial charge in [0.2, 0.25) is 0 Å². The van der Waals surface area contributed by atoms with Gasteiger partial charge in [-0.25, -0.2) is 0 Å². The van der Waals surface area contributed by atoms with E-state index in [0.29, 0.717) is 5.56 Å². The van der Waals surface area contributed by atoms with E-state index in [4.69, 9.17) is 0 Å². The molecule has 41 heavy (non-hydrogen) atoms. The topological polar surface area (TPSA) is 30.3 Å². The van der Waals surface area contributed by atoms with E-state index in [-0.39, 0.29) is 6.71 Å². The Balaban J connectivity index is 1.44.